The smallest absolute Gasteiger partial charge is 0.425 e. The van der Waals surface area contributed by atoms with Crippen molar-refractivity contribution in [3.8, 4) is 0 Å². The third kappa shape index (κ3) is 2.43. The van der Waals surface area contributed by atoms with Crippen LogP contribution in [0, 0.1) is 0 Å². The summed E-state index contributed by atoms with van der Waals surface area (Å²) in [5.41, 5.74) is 7.03. The Morgan fingerprint density at radius 2 is 1.26 bits per heavy atom. The highest BCUT2D eigenvalue weighted by Crippen LogP contribution is 2.23. The van der Waals surface area contributed by atoms with Gasteiger partial charge in [-0.3, -0.25) is 9.13 Å². The molecule has 0 N–H and O–H groups in total. The van der Waals surface area contributed by atoms with Gasteiger partial charge in [-0.1, -0.05) is 84.4 Å². The van der Waals surface area contributed by atoms with Crippen molar-refractivity contribution in [2.24, 2.45) is 19.0 Å². The Bertz CT molecular complexity index is 1630. The Morgan fingerprint density at radius 3 is 1.91 bits per heavy atom. The molecule has 0 aliphatic carbocycles. The first-order chi connectivity index (χ1) is 17.1. The zero-order valence-corrected chi connectivity index (χ0v) is 20.4. The predicted octanol–water partition coefficient (Wildman–Crippen LogP) is 0.660. The Kier molecular flexibility index (Phi) is 4.16. The van der Waals surface area contributed by atoms with E-state index in [4.69, 9.17) is 16.5 Å². The lowest BCUT2D eigenvalue weighted by Gasteiger charge is -2.55. The van der Waals surface area contributed by atoms with Gasteiger partial charge in [-0.2, -0.15) is 0 Å². The fraction of sp³-hybridized carbons (Fsp3) is 0.0741. The molecule has 5 heterocycles. The number of halogens is 1. The molecule has 8 heteroatoms. The van der Waals surface area contributed by atoms with Crippen molar-refractivity contribution in [3.63, 3.8) is 0 Å². The van der Waals surface area contributed by atoms with Crippen molar-refractivity contribution >= 4 is 52.3 Å². The summed E-state index contributed by atoms with van der Waals surface area (Å²) in [6.07, 6.45) is 5.48. The molecule has 2 atom stereocenters. The number of hydrogen-bond acceptors (Lipinski definition) is 1. The van der Waals surface area contributed by atoms with Crippen molar-refractivity contribution in [1.82, 2.24) is 9.13 Å². The van der Waals surface area contributed by atoms with Gasteiger partial charge in [0, 0.05) is 5.02 Å². The Morgan fingerprint density at radius 1 is 0.686 bits per heavy atom. The molecule has 0 saturated carbocycles. The van der Waals surface area contributed by atoms with Crippen molar-refractivity contribution in [2.45, 2.75) is 0 Å². The van der Waals surface area contributed by atoms with Crippen LogP contribution in [0.3, 0.4) is 0 Å². The molecule has 3 aliphatic heterocycles. The lowest BCUT2D eigenvalue weighted by molar-refractivity contribution is -0.580. The summed E-state index contributed by atoms with van der Waals surface area (Å²) >= 11 is 6.33. The predicted molar refractivity (Wildman–Crippen MR) is 143 cm³/mol. The van der Waals surface area contributed by atoms with Crippen LogP contribution >= 0.6 is 11.6 Å². The van der Waals surface area contributed by atoms with Gasteiger partial charge in [-0.25, -0.2) is 0 Å². The highest BCUT2D eigenvalue weighted by atomic mass is 35.5. The molecule has 0 fully saturated rings. The lowest BCUT2D eigenvalue weighted by atomic mass is 9.19. The molecule has 2 bridgehead atoms. The summed E-state index contributed by atoms with van der Waals surface area (Å²) in [5.74, 6) is 0. The van der Waals surface area contributed by atoms with Gasteiger partial charge in [-0.05, 0) is 17.7 Å². The van der Waals surface area contributed by atoms with E-state index in [1.807, 2.05) is 12.1 Å². The largest absolute Gasteiger partial charge is 0.473 e. The maximum Gasteiger partial charge on any atom is 0.425 e. The zero-order valence-electron chi connectivity index (χ0n) is 19.7. The average molecular weight is 476 g/mol. The average Bonchev–Trinajstić information content (AvgIpc) is 3.51. The molecule has 0 spiro atoms. The first kappa shape index (κ1) is 20.5. The monoisotopic (exact) mass is 475 g/mol. The summed E-state index contributed by atoms with van der Waals surface area (Å²) in [4.78, 5) is 5.80. The van der Waals surface area contributed by atoms with Gasteiger partial charge in [0.25, 0.3) is 0 Å². The van der Waals surface area contributed by atoms with Crippen LogP contribution in [0.2, 0.25) is 5.02 Å². The minimum absolute atomic E-state index is 0.724. The normalized spacial score (nSPS) is 22.0. The standard InChI is InChI=1S/C27H24B2ClN5/c1-32-18-20-35-26(32)28(22-9-5-3-6-10-22)25(21-13-15-24(30)16-14-21)31-29(35,23-11-7-4-8-12-23)27-33(2)17-19-34(27)28/h3-20H,1-2H3/t28-,29+/m0/s1. The number of benzene rings is 3. The molecule has 170 valence electrons. The highest BCUT2D eigenvalue weighted by Gasteiger charge is 2.63. The summed E-state index contributed by atoms with van der Waals surface area (Å²) < 4.78 is 9.48. The van der Waals surface area contributed by atoms with Gasteiger partial charge in [0.15, 0.2) is 0 Å². The Labute approximate surface area is 209 Å². The quantitative estimate of drug-likeness (QED) is 0.344. The summed E-state index contributed by atoms with van der Waals surface area (Å²) in [6, 6.07) is 29.7. The van der Waals surface area contributed by atoms with E-state index < -0.39 is 12.7 Å². The molecule has 5 nitrogen and oxygen atoms in total. The second kappa shape index (κ2) is 7.09. The second-order valence-electron chi connectivity index (χ2n) is 9.79. The van der Waals surface area contributed by atoms with E-state index in [9.17, 15) is 0 Å². The number of imidazole rings is 2. The molecule has 35 heavy (non-hydrogen) atoms. The van der Waals surface area contributed by atoms with E-state index in [1.165, 1.54) is 22.4 Å². The molecule has 0 radical (unpaired) electrons. The number of aromatic nitrogens is 4. The van der Waals surface area contributed by atoms with Crippen LogP contribution in [-0.4, -0.2) is 27.4 Å². The topological polar surface area (TPSA) is 30.0 Å². The third-order valence-corrected chi connectivity index (χ3v) is 8.37. The maximum absolute atomic E-state index is 6.33. The molecule has 0 saturated heterocycles. The van der Waals surface area contributed by atoms with E-state index >= 15 is 0 Å². The van der Waals surface area contributed by atoms with Crippen LogP contribution in [-0.2, 0) is 14.1 Å². The molecule has 2 aromatic heterocycles. The first-order valence-corrected chi connectivity index (χ1v) is 12.4. The first-order valence-electron chi connectivity index (χ1n) is 12.0. The molecule has 0 amide bonds. The Balaban J connectivity index is 1.72. The van der Waals surface area contributed by atoms with Crippen molar-refractivity contribution in [2.75, 3.05) is 0 Å². The minimum Gasteiger partial charge on any atom is -0.473 e. The van der Waals surface area contributed by atoms with Crippen molar-refractivity contribution < 1.29 is 8.96 Å². The van der Waals surface area contributed by atoms with E-state index in [-0.39, 0.29) is 0 Å². The summed E-state index contributed by atoms with van der Waals surface area (Å²) in [6.45, 7) is 0. The van der Waals surface area contributed by atoms with Gasteiger partial charge in [0.1, 0.15) is 18.1 Å². The SMILES string of the molecule is Cn1cc[n+]2c1[B@-]1(c3ccccc3)C(c3ccc(Cl)cc3)=N[B@@-]2(c2ccccc2)c2n(C)cc[n+]21. The number of rotatable bonds is 3. The van der Waals surface area contributed by atoms with E-state index in [0.29, 0.717) is 0 Å². The molecular weight excluding hydrogens is 451 g/mol. The molecule has 0 unspecified atom stereocenters. The summed E-state index contributed by atoms with van der Waals surface area (Å²) in [5, 5.41) is 0.724. The van der Waals surface area contributed by atoms with E-state index in [1.54, 1.807) is 0 Å². The number of nitrogens with zero attached hydrogens (tertiary/aromatic N) is 5. The minimum atomic E-state index is -1.68. The third-order valence-electron chi connectivity index (χ3n) is 8.12. The maximum atomic E-state index is 6.33. The lowest BCUT2D eigenvalue weighted by Crippen LogP contribution is -3.07. The molecular formula is C27H24B2ClN5. The van der Waals surface area contributed by atoms with Gasteiger partial charge in [0.05, 0.1) is 32.2 Å². The van der Waals surface area contributed by atoms with E-state index in [2.05, 4.69) is 130 Å². The van der Waals surface area contributed by atoms with Crippen LogP contribution in [0.5, 0.6) is 0 Å². The van der Waals surface area contributed by atoms with Crippen molar-refractivity contribution in [3.05, 3.63) is 120 Å². The van der Waals surface area contributed by atoms with Crippen LogP contribution in [0.1, 0.15) is 5.56 Å². The second-order valence-corrected chi connectivity index (χ2v) is 10.2. The Hall–Kier alpha value is -3.83. The molecule has 5 aromatic rings. The van der Waals surface area contributed by atoms with Crippen LogP contribution in [0.4, 0.5) is 0 Å². The fourth-order valence-electron chi connectivity index (χ4n) is 6.83. The van der Waals surface area contributed by atoms with Crippen LogP contribution in [0.15, 0.2) is 115 Å². The van der Waals surface area contributed by atoms with Crippen LogP contribution in [0.25, 0.3) is 0 Å². The zero-order chi connectivity index (χ0) is 23.8. The van der Waals surface area contributed by atoms with Gasteiger partial charge < -0.3 is 13.9 Å². The molecule has 3 aliphatic rings. The van der Waals surface area contributed by atoms with Crippen molar-refractivity contribution in [1.29, 1.82) is 0 Å². The fourth-order valence-corrected chi connectivity index (χ4v) is 6.96. The number of aryl methyl sites for hydroxylation is 2. The van der Waals surface area contributed by atoms with E-state index in [0.717, 1.165) is 16.2 Å². The molecule has 3 aromatic carbocycles. The van der Waals surface area contributed by atoms with Gasteiger partial charge >= 0.3 is 12.7 Å². The van der Waals surface area contributed by atoms with Gasteiger partial charge in [-0.15, -0.1) is 16.5 Å². The highest BCUT2D eigenvalue weighted by molar-refractivity contribution is 7.22. The van der Waals surface area contributed by atoms with Crippen LogP contribution < -0.4 is 31.3 Å². The number of hydrogen-bond donors (Lipinski definition) is 0. The van der Waals surface area contributed by atoms with Gasteiger partial charge in [0.2, 0.25) is 0 Å². The summed E-state index contributed by atoms with van der Waals surface area (Å²) in [7, 11) is 4.28. The molecule has 8 rings (SSSR count).